The number of sulfonamides is 1. The van der Waals surface area contributed by atoms with Crippen molar-refractivity contribution in [3.8, 4) is 5.69 Å². The van der Waals surface area contributed by atoms with E-state index in [9.17, 15) is 8.42 Å². The Morgan fingerprint density at radius 3 is 2.58 bits per heavy atom. The molecule has 1 aliphatic rings. The van der Waals surface area contributed by atoms with Gasteiger partial charge in [0.05, 0.1) is 16.5 Å². The Labute approximate surface area is 116 Å². The molecule has 1 saturated heterocycles. The number of hydrogen-bond donors (Lipinski definition) is 0. The zero-order chi connectivity index (χ0) is 13.3. The molecule has 2 heterocycles. The lowest BCUT2D eigenvalue weighted by Gasteiger charge is -2.14. The van der Waals surface area contributed by atoms with Gasteiger partial charge in [0.25, 0.3) is 0 Å². The molecule has 1 aromatic carbocycles. The first-order chi connectivity index (χ1) is 9.18. The fourth-order valence-electron chi connectivity index (χ4n) is 1.93. The van der Waals surface area contributed by atoms with Crippen LogP contribution < -0.4 is 0 Å². The highest BCUT2D eigenvalue weighted by atomic mass is 32.2. The van der Waals surface area contributed by atoms with Crippen molar-refractivity contribution in [3.63, 3.8) is 0 Å². The van der Waals surface area contributed by atoms with Crippen molar-refractivity contribution in [1.29, 1.82) is 0 Å². The van der Waals surface area contributed by atoms with Crippen molar-refractivity contribution in [2.45, 2.75) is 4.90 Å². The zero-order valence-corrected chi connectivity index (χ0v) is 11.8. The van der Waals surface area contributed by atoms with Gasteiger partial charge in [-0.1, -0.05) is 0 Å². The Kier molecular flexibility index (Phi) is 3.34. The number of hydrogen-bond acceptors (Lipinski definition) is 4. The average Bonchev–Trinajstić information content (AvgIpc) is 3.12. The molecule has 7 heteroatoms. The largest absolute Gasteiger partial charge is 0.243 e. The van der Waals surface area contributed by atoms with E-state index in [-0.39, 0.29) is 0 Å². The second kappa shape index (κ2) is 4.99. The first kappa shape index (κ1) is 12.7. The lowest BCUT2D eigenvalue weighted by molar-refractivity contribution is 0.489. The minimum atomic E-state index is -3.34. The summed E-state index contributed by atoms with van der Waals surface area (Å²) in [6.07, 6.45) is 3.51. The van der Waals surface area contributed by atoms with E-state index in [2.05, 4.69) is 5.10 Å². The first-order valence-electron chi connectivity index (χ1n) is 5.86. The Bertz CT molecular complexity index is 645. The molecular weight excluding hydrogens is 282 g/mol. The maximum absolute atomic E-state index is 12.3. The van der Waals surface area contributed by atoms with Crippen molar-refractivity contribution in [2.75, 3.05) is 18.2 Å². The normalized spacial score (nSPS) is 16.8. The van der Waals surface area contributed by atoms with Crippen molar-refractivity contribution in [1.82, 2.24) is 14.1 Å². The van der Waals surface area contributed by atoms with Crippen molar-refractivity contribution < 1.29 is 8.42 Å². The van der Waals surface area contributed by atoms with E-state index in [1.807, 2.05) is 12.3 Å². The van der Waals surface area contributed by atoms with Crippen molar-refractivity contribution in [2.24, 2.45) is 0 Å². The second-order valence-corrected chi connectivity index (χ2v) is 7.17. The maximum atomic E-state index is 12.3. The van der Waals surface area contributed by atoms with Gasteiger partial charge in [0, 0.05) is 24.7 Å². The molecule has 1 aliphatic heterocycles. The summed E-state index contributed by atoms with van der Waals surface area (Å²) in [4.78, 5) is 0.339. The van der Waals surface area contributed by atoms with E-state index in [4.69, 9.17) is 0 Å². The highest BCUT2D eigenvalue weighted by Gasteiger charge is 2.27. The van der Waals surface area contributed by atoms with Crippen LogP contribution in [0.1, 0.15) is 0 Å². The monoisotopic (exact) mass is 295 g/mol. The molecule has 100 valence electrons. The molecule has 1 fully saturated rings. The lowest BCUT2D eigenvalue weighted by Crippen LogP contribution is -2.28. The van der Waals surface area contributed by atoms with E-state index in [0.29, 0.717) is 17.3 Å². The summed E-state index contributed by atoms with van der Waals surface area (Å²) >= 11 is 1.64. The molecule has 5 nitrogen and oxygen atoms in total. The minimum absolute atomic E-state index is 0.339. The van der Waals surface area contributed by atoms with Crippen molar-refractivity contribution in [3.05, 3.63) is 42.7 Å². The van der Waals surface area contributed by atoms with Crippen LogP contribution >= 0.6 is 11.8 Å². The lowest BCUT2D eigenvalue weighted by atomic mass is 10.3. The van der Waals surface area contributed by atoms with Crippen LogP contribution in [0.25, 0.3) is 5.69 Å². The summed E-state index contributed by atoms with van der Waals surface area (Å²) in [6.45, 7) is 0.591. The molecule has 1 aromatic heterocycles. The predicted octanol–water partition coefficient (Wildman–Crippen LogP) is 1.57. The number of rotatable bonds is 3. The standard InChI is InChI=1S/C12H13N3O2S2/c16-19(17,14-8-9-18-10-14)12-4-2-11(3-5-12)15-7-1-6-13-15/h1-7H,8-10H2. The Balaban J connectivity index is 1.90. The van der Waals surface area contributed by atoms with Gasteiger partial charge in [0.2, 0.25) is 10.0 Å². The summed E-state index contributed by atoms with van der Waals surface area (Å²) in [5.74, 6) is 1.41. The first-order valence-corrected chi connectivity index (χ1v) is 8.45. The summed E-state index contributed by atoms with van der Waals surface area (Å²) in [7, 11) is -3.34. The molecule has 0 N–H and O–H groups in total. The van der Waals surface area contributed by atoms with E-state index < -0.39 is 10.0 Å². The van der Waals surface area contributed by atoms with Crippen LogP contribution in [0.2, 0.25) is 0 Å². The van der Waals surface area contributed by atoms with Crippen LogP contribution in [0.15, 0.2) is 47.6 Å². The Morgan fingerprint density at radius 2 is 2.00 bits per heavy atom. The summed E-state index contributed by atoms with van der Waals surface area (Å²) in [5.41, 5.74) is 0.847. The average molecular weight is 295 g/mol. The van der Waals surface area contributed by atoms with E-state index in [1.165, 1.54) is 4.31 Å². The molecule has 0 spiro atoms. The van der Waals surface area contributed by atoms with Gasteiger partial charge in [0.1, 0.15) is 0 Å². The molecule has 0 amide bonds. The highest BCUT2D eigenvalue weighted by Crippen LogP contribution is 2.23. The second-order valence-electron chi connectivity index (χ2n) is 4.16. The SMILES string of the molecule is O=S(=O)(c1ccc(-n2cccn2)cc1)N1CCSC1. The van der Waals surface area contributed by atoms with Crippen LogP contribution in [-0.2, 0) is 10.0 Å². The Hall–Kier alpha value is -1.31. The molecule has 3 rings (SSSR count). The topological polar surface area (TPSA) is 55.2 Å². The molecular formula is C12H13N3O2S2. The molecule has 0 unspecified atom stereocenters. The third-order valence-corrected chi connectivity index (χ3v) is 5.95. The summed E-state index contributed by atoms with van der Waals surface area (Å²) in [6, 6.07) is 8.63. The third-order valence-electron chi connectivity index (χ3n) is 2.96. The molecule has 0 saturated carbocycles. The van der Waals surface area contributed by atoms with Gasteiger partial charge in [0.15, 0.2) is 0 Å². The third kappa shape index (κ3) is 2.41. The number of thioether (sulfide) groups is 1. The fourth-order valence-corrected chi connectivity index (χ4v) is 4.74. The predicted molar refractivity (Wildman–Crippen MR) is 74.8 cm³/mol. The molecule has 19 heavy (non-hydrogen) atoms. The summed E-state index contributed by atoms with van der Waals surface area (Å²) in [5, 5.41) is 4.11. The number of nitrogens with zero attached hydrogens (tertiary/aromatic N) is 3. The van der Waals surface area contributed by atoms with Crippen molar-refractivity contribution >= 4 is 21.8 Å². The number of aromatic nitrogens is 2. The van der Waals surface area contributed by atoms with E-state index in [0.717, 1.165) is 11.4 Å². The quantitative estimate of drug-likeness (QED) is 0.862. The van der Waals surface area contributed by atoms with Gasteiger partial charge in [-0.3, -0.25) is 0 Å². The Morgan fingerprint density at radius 1 is 1.21 bits per heavy atom. The molecule has 0 bridgehead atoms. The molecule has 0 aliphatic carbocycles. The zero-order valence-electron chi connectivity index (χ0n) is 10.1. The number of benzene rings is 1. The van der Waals surface area contributed by atoms with Crippen LogP contribution in [0.3, 0.4) is 0 Å². The highest BCUT2D eigenvalue weighted by molar-refractivity contribution is 8.00. The minimum Gasteiger partial charge on any atom is -0.241 e. The van der Waals surface area contributed by atoms with Crippen LogP contribution in [-0.4, -0.2) is 40.7 Å². The van der Waals surface area contributed by atoms with Crippen LogP contribution in [0.4, 0.5) is 0 Å². The molecule has 2 aromatic rings. The van der Waals surface area contributed by atoms with Gasteiger partial charge in [-0.2, -0.15) is 9.40 Å². The van der Waals surface area contributed by atoms with Gasteiger partial charge in [-0.25, -0.2) is 13.1 Å². The van der Waals surface area contributed by atoms with Crippen LogP contribution in [0.5, 0.6) is 0 Å². The van der Waals surface area contributed by atoms with Crippen LogP contribution in [0, 0.1) is 0 Å². The van der Waals surface area contributed by atoms with Gasteiger partial charge >= 0.3 is 0 Å². The maximum Gasteiger partial charge on any atom is 0.243 e. The molecule has 0 radical (unpaired) electrons. The smallest absolute Gasteiger partial charge is 0.241 e. The van der Waals surface area contributed by atoms with Gasteiger partial charge in [-0.15, -0.1) is 11.8 Å². The molecule has 0 atom stereocenters. The van der Waals surface area contributed by atoms with Gasteiger partial charge in [-0.05, 0) is 30.3 Å². The fraction of sp³-hybridized carbons (Fsp3) is 0.250. The van der Waals surface area contributed by atoms with Gasteiger partial charge < -0.3 is 0 Å². The van der Waals surface area contributed by atoms with E-state index >= 15 is 0 Å². The summed E-state index contributed by atoms with van der Waals surface area (Å²) < 4.78 is 27.9. The van der Waals surface area contributed by atoms with E-state index in [1.54, 1.807) is 46.9 Å².